The summed E-state index contributed by atoms with van der Waals surface area (Å²) in [6.45, 7) is 11.4. The van der Waals surface area contributed by atoms with E-state index in [2.05, 4.69) is 23.8 Å². The summed E-state index contributed by atoms with van der Waals surface area (Å²) < 4.78 is 0. The van der Waals surface area contributed by atoms with Gasteiger partial charge in [-0.15, -0.1) is 0 Å². The van der Waals surface area contributed by atoms with Gasteiger partial charge < -0.3 is 11.1 Å². The van der Waals surface area contributed by atoms with Crippen LogP contribution in [0, 0.1) is 0 Å². The molecule has 0 aliphatic rings. The van der Waals surface area contributed by atoms with E-state index in [0.29, 0.717) is 0 Å². The highest BCUT2D eigenvalue weighted by atomic mass is 14.8. The number of hydrogen-bond donors (Lipinski definition) is 2. The fourth-order valence-electron chi connectivity index (χ4n) is 0.260. The van der Waals surface area contributed by atoms with Crippen LogP contribution in [0.4, 0.5) is 0 Å². The van der Waals surface area contributed by atoms with Gasteiger partial charge in [0.15, 0.2) is 0 Å². The number of nitrogens with zero attached hydrogens (tertiary/aromatic N) is 1. The molecule has 0 rings (SSSR count). The molecule has 3 N–H and O–H groups in total. The Hall–Kier alpha value is -0.930. The molecule has 90 valence electrons. The lowest BCUT2D eigenvalue weighted by atomic mass is 10.3. The van der Waals surface area contributed by atoms with Crippen LogP contribution in [-0.2, 0) is 0 Å². The van der Waals surface area contributed by atoms with Crippen LogP contribution in [0.25, 0.3) is 0 Å². The first-order valence-corrected chi connectivity index (χ1v) is 5.20. The third kappa shape index (κ3) is 43.5. The third-order valence-electron chi connectivity index (χ3n) is 1.16. The molecule has 0 saturated carbocycles. The molecule has 0 fully saturated rings. The minimum Gasteiger partial charge on any atom is -0.331 e. The van der Waals surface area contributed by atoms with Crippen molar-refractivity contribution in [2.75, 3.05) is 27.2 Å². The van der Waals surface area contributed by atoms with E-state index >= 15 is 0 Å². The lowest BCUT2D eigenvalue weighted by Gasteiger charge is -1.81. The zero-order valence-corrected chi connectivity index (χ0v) is 10.9. The molecule has 0 radical (unpaired) electrons. The SMILES string of the molecule is C=C/C(C)=C\C=NC.CCN.CCNC. The topological polar surface area (TPSA) is 50.4 Å². The number of aliphatic imine (C=N–C) groups is 1. The first-order valence-electron chi connectivity index (χ1n) is 5.20. The summed E-state index contributed by atoms with van der Waals surface area (Å²) in [5, 5.41) is 2.93. The largest absolute Gasteiger partial charge is 0.331 e. The van der Waals surface area contributed by atoms with Crippen LogP contribution >= 0.6 is 0 Å². The summed E-state index contributed by atoms with van der Waals surface area (Å²) in [4.78, 5) is 3.77. The summed E-state index contributed by atoms with van der Waals surface area (Å²) in [5.74, 6) is 0. The maximum atomic E-state index is 4.85. The number of nitrogens with two attached hydrogens (primary N) is 1. The van der Waals surface area contributed by atoms with E-state index in [0.717, 1.165) is 18.7 Å². The highest BCUT2D eigenvalue weighted by Gasteiger charge is 1.71. The summed E-state index contributed by atoms with van der Waals surface area (Å²) in [6, 6.07) is 0. The fourth-order valence-corrected chi connectivity index (χ4v) is 0.260. The van der Waals surface area contributed by atoms with Crippen molar-refractivity contribution >= 4 is 6.21 Å². The van der Waals surface area contributed by atoms with Gasteiger partial charge in [-0.05, 0) is 33.1 Å². The van der Waals surface area contributed by atoms with Gasteiger partial charge in [0.25, 0.3) is 0 Å². The minimum absolute atomic E-state index is 0.750. The van der Waals surface area contributed by atoms with E-state index in [1.54, 1.807) is 19.3 Å². The predicted molar refractivity (Wildman–Crippen MR) is 72.7 cm³/mol. The summed E-state index contributed by atoms with van der Waals surface area (Å²) >= 11 is 0. The molecular formula is C12H27N3. The Bertz CT molecular complexity index is 158. The van der Waals surface area contributed by atoms with Crippen LogP contribution in [-0.4, -0.2) is 33.4 Å². The highest BCUT2D eigenvalue weighted by Crippen LogP contribution is 1.88. The molecule has 0 atom stereocenters. The van der Waals surface area contributed by atoms with Crippen LogP contribution in [0.1, 0.15) is 20.8 Å². The van der Waals surface area contributed by atoms with Crippen molar-refractivity contribution in [2.24, 2.45) is 10.7 Å². The van der Waals surface area contributed by atoms with E-state index in [4.69, 9.17) is 5.73 Å². The van der Waals surface area contributed by atoms with E-state index < -0.39 is 0 Å². The van der Waals surface area contributed by atoms with Crippen molar-refractivity contribution in [2.45, 2.75) is 20.8 Å². The Kier molecular flexibility index (Phi) is 30.3. The molecule has 3 heteroatoms. The Balaban J connectivity index is -0.000000173. The standard InChI is InChI=1S/C7H11N.C3H9N.C2H7N/c1-4-7(2)5-6-8-3;1-3-4-2;1-2-3/h4-6H,1H2,2-3H3;4H,3H2,1-2H3;2-3H2,1H3/b7-5-,8-6?;;. The van der Waals surface area contributed by atoms with Gasteiger partial charge >= 0.3 is 0 Å². The Labute approximate surface area is 95.2 Å². The van der Waals surface area contributed by atoms with Crippen molar-refractivity contribution in [1.29, 1.82) is 0 Å². The second kappa shape index (κ2) is 23.1. The number of rotatable bonds is 3. The third-order valence-corrected chi connectivity index (χ3v) is 1.16. The Morgan fingerprint density at radius 3 is 2.07 bits per heavy atom. The molecule has 0 aromatic rings. The van der Waals surface area contributed by atoms with Gasteiger partial charge in [0.05, 0.1) is 0 Å². The maximum Gasteiger partial charge on any atom is 0.0277 e. The van der Waals surface area contributed by atoms with E-state index in [9.17, 15) is 0 Å². The summed E-state index contributed by atoms with van der Waals surface area (Å²) in [5.41, 5.74) is 5.98. The summed E-state index contributed by atoms with van der Waals surface area (Å²) in [6.07, 6.45) is 5.45. The predicted octanol–water partition coefficient (Wildman–Crippen LogP) is 2.01. The van der Waals surface area contributed by atoms with Gasteiger partial charge in [-0.1, -0.05) is 32.1 Å². The second-order valence-corrected chi connectivity index (χ2v) is 2.64. The van der Waals surface area contributed by atoms with Gasteiger partial charge in [0, 0.05) is 13.3 Å². The molecule has 0 unspecified atom stereocenters. The molecule has 0 spiro atoms. The van der Waals surface area contributed by atoms with Crippen molar-refractivity contribution in [1.82, 2.24) is 5.32 Å². The summed E-state index contributed by atoms with van der Waals surface area (Å²) in [7, 11) is 3.67. The van der Waals surface area contributed by atoms with Gasteiger partial charge in [-0.25, -0.2) is 0 Å². The molecule has 0 aliphatic heterocycles. The first-order chi connectivity index (χ1) is 7.14. The lowest BCUT2D eigenvalue weighted by Crippen LogP contribution is -2.01. The van der Waals surface area contributed by atoms with Crippen LogP contribution in [0.15, 0.2) is 29.3 Å². The van der Waals surface area contributed by atoms with E-state index in [1.807, 2.05) is 27.0 Å². The smallest absolute Gasteiger partial charge is 0.0277 e. The van der Waals surface area contributed by atoms with Crippen molar-refractivity contribution in [3.8, 4) is 0 Å². The zero-order valence-electron chi connectivity index (χ0n) is 10.9. The first kappa shape index (κ1) is 19.6. The van der Waals surface area contributed by atoms with Gasteiger partial charge in [-0.2, -0.15) is 0 Å². The monoisotopic (exact) mass is 213 g/mol. The van der Waals surface area contributed by atoms with Crippen LogP contribution in [0.3, 0.4) is 0 Å². The van der Waals surface area contributed by atoms with E-state index in [1.165, 1.54) is 0 Å². The quantitative estimate of drug-likeness (QED) is 0.556. The van der Waals surface area contributed by atoms with Crippen molar-refractivity contribution in [3.05, 3.63) is 24.3 Å². The van der Waals surface area contributed by atoms with Crippen LogP contribution < -0.4 is 11.1 Å². The maximum absolute atomic E-state index is 4.85. The number of allylic oxidation sites excluding steroid dienone is 3. The Morgan fingerprint density at radius 1 is 1.47 bits per heavy atom. The second-order valence-electron chi connectivity index (χ2n) is 2.64. The van der Waals surface area contributed by atoms with Gasteiger partial charge in [0.2, 0.25) is 0 Å². The highest BCUT2D eigenvalue weighted by molar-refractivity contribution is 5.72. The lowest BCUT2D eigenvalue weighted by molar-refractivity contribution is 0.864. The molecular weight excluding hydrogens is 186 g/mol. The van der Waals surface area contributed by atoms with E-state index in [-0.39, 0.29) is 0 Å². The zero-order chi connectivity index (χ0) is 12.5. The van der Waals surface area contributed by atoms with Crippen molar-refractivity contribution < 1.29 is 0 Å². The molecule has 0 saturated heterocycles. The molecule has 15 heavy (non-hydrogen) atoms. The normalized spacial score (nSPS) is 9.87. The average Bonchev–Trinajstić information content (AvgIpc) is 2.27. The van der Waals surface area contributed by atoms with Gasteiger partial charge in [-0.3, -0.25) is 4.99 Å². The molecule has 0 amide bonds. The van der Waals surface area contributed by atoms with Crippen molar-refractivity contribution in [3.63, 3.8) is 0 Å². The molecule has 0 aromatic heterocycles. The molecule has 0 bridgehead atoms. The number of hydrogen-bond acceptors (Lipinski definition) is 3. The average molecular weight is 213 g/mol. The molecule has 0 aromatic carbocycles. The fraction of sp³-hybridized carbons (Fsp3) is 0.583. The van der Waals surface area contributed by atoms with Crippen LogP contribution in [0.5, 0.6) is 0 Å². The number of nitrogens with one attached hydrogen (secondary N) is 1. The minimum atomic E-state index is 0.750. The Morgan fingerprint density at radius 2 is 1.87 bits per heavy atom. The van der Waals surface area contributed by atoms with Gasteiger partial charge in [0.1, 0.15) is 0 Å². The molecule has 0 heterocycles. The van der Waals surface area contributed by atoms with Crippen LogP contribution in [0.2, 0.25) is 0 Å². The molecule has 0 aliphatic carbocycles. The molecule has 3 nitrogen and oxygen atoms in total.